The summed E-state index contributed by atoms with van der Waals surface area (Å²) in [4.78, 5) is 14.1. The minimum absolute atomic E-state index is 0.0524. The number of carbonyl (C=O) groups excluding carboxylic acids is 1. The summed E-state index contributed by atoms with van der Waals surface area (Å²) >= 11 is 0. The molecule has 1 saturated heterocycles. The molecule has 2 amide bonds. The zero-order valence-electron chi connectivity index (χ0n) is 21.1. The van der Waals surface area contributed by atoms with Crippen LogP contribution in [0.4, 0.5) is 10.5 Å². The number of quaternary nitrogens is 1. The van der Waals surface area contributed by atoms with E-state index in [1.54, 1.807) is 24.3 Å². The summed E-state index contributed by atoms with van der Waals surface area (Å²) < 4.78 is 32.0. The van der Waals surface area contributed by atoms with Gasteiger partial charge in [-0.3, -0.25) is 0 Å². The quantitative estimate of drug-likeness (QED) is 0.423. The minimum Gasteiger partial charge on any atom is -0.372 e. The van der Waals surface area contributed by atoms with E-state index in [0.29, 0.717) is 11.8 Å². The second-order valence-electron chi connectivity index (χ2n) is 10.1. The Morgan fingerprint density at radius 2 is 1.78 bits per heavy atom. The first-order valence-corrected chi connectivity index (χ1v) is 14.5. The fraction of sp³-hybridized carbons (Fsp3) is 0.345. The third-order valence-electron chi connectivity index (χ3n) is 7.17. The lowest BCUT2D eigenvalue weighted by Crippen LogP contribution is -3.08. The fourth-order valence-corrected chi connectivity index (χ4v) is 6.55. The van der Waals surface area contributed by atoms with Crippen LogP contribution in [0.2, 0.25) is 0 Å². The fourth-order valence-electron chi connectivity index (χ4n) is 5.22. The zero-order valence-corrected chi connectivity index (χ0v) is 21.9. The Kier molecular flexibility index (Phi) is 7.60. The van der Waals surface area contributed by atoms with Crippen LogP contribution in [0.15, 0.2) is 77.7 Å². The van der Waals surface area contributed by atoms with Crippen molar-refractivity contribution in [2.24, 2.45) is 0 Å². The lowest BCUT2D eigenvalue weighted by atomic mass is 10.1. The molecule has 2 heterocycles. The normalized spacial score (nSPS) is 19.8. The van der Waals surface area contributed by atoms with Gasteiger partial charge in [0.2, 0.25) is 0 Å². The van der Waals surface area contributed by atoms with Gasteiger partial charge in [0, 0.05) is 23.4 Å². The number of hydrogen-bond donors (Lipinski definition) is 3. The molecule has 3 N–H and O–H groups in total. The summed E-state index contributed by atoms with van der Waals surface area (Å²) in [6.07, 6.45) is 2.62. The predicted molar refractivity (Wildman–Crippen MR) is 143 cm³/mol. The van der Waals surface area contributed by atoms with Gasteiger partial charge < -0.3 is 20.3 Å². The third kappa shape index (κ3) is 6.39. The van der Waals surface area contributed by atoms with E-state index in [9.17, 15) is 13.2 Å². The van der Waals surface area contributed by atoms with Gasteiger partial charge in [-0.2, -0.15) is 0 Å². The molecule has 3 aromatic rings. The first-order valence-electron chi connectivity index (χ1n) is 12.9. The Hall–Kier alpha value is -3.20. The van der Waals surface area contributed by atoms with Crippen LogP contribution < -0.4 is 15.5 Å². The molecule has 3 aromatic carbocycles. The number of ether oxygens (including phenoxy) is 1. The average molecular weight is 521 g/mol. The molecule has 2 aliphatic heterocycles. The number of amides is 2. The van der Waals surface area contributed by atoms with Crippen LogP contribution in [0.3, 0.4) is 0 Å². The Labute approximate surface area is 218 Å². The molecule has 0 aromatic heterocycles. The molecule has 5 rings (SSSR count). The van der Waals surface area contributed by atoms with E-state index in [0.717, 1.165) is 50.2 Å². The van der Waals surface area contributed by atoms with E-state index >= 15 is 0 Å². The van der Waals surface area contributed by atoms with Crippen molar-refractivity contribution in [2.45, 2.75) is 55.6 Å². The van der Waals surface area contributed by atoms with E-state index < -0.39 is 9.84 Å². The largest absolute Gasteiger partial charge is 0.372 e. The number of urea groups is 1. The highest BCUT2D eigenvalue weighted by molar-refractivity contribution is 7.90. The molecule has 194 valence electrons. The van der Waals surface area contributed by atoms with Crippen LogP contribution in [0.1, 0.15) is 48.1 Å². The molecule has 37 heavy (non-hydrogen) atoms. The van der Waals surface area contributed by atoms with E-state index in [1.165, 1.54) is 16.0 Å². The number of nitrogens with one attached hydrogen (secondary N) is 3. The van der Waals surface area contributed by atoms with Gasteiger partial charge in [0.05, 0.1) is 16.7 Å². The van der Waals surface area contributed by atoms with Crippen molar-refractivity contribution < 1.29 is 22.8 Å². The molecule has 2 aliphatic rings. The van der Waals surface area contributed by atoms with Gasteiger partial charge >= 0.3 is 6.03 Å². The SMILES string of the molecule is CC(NC(=O)Nc1ccc(S(=O)(=O)Cc2ccc3c(c2)C[NH+](CC2CCCO2)C3)cc1)c1ccccc1. The van der Waals surface area contributed by atoms with Crippen LogP contribution in [0, 0.1) is 0 Å². The van der Waals surface area contributed by atoms with Crippen LogP contribution in [0.25, 0.3) is 0 Å². The first-order chi connectivity index (χ1) is 17.9. The summed E-state index contributed by atoms with van der Waals surface area (Å²) in [6, 6.07) is 21.6. The summed E-state index contributed by atoms with van der Waals surface area (Å²) in [5, 5.41) is 5.66. The molecule has 0 spiro atoms. The van der Waals surface area contributed by atoms with Crippen LogP contribution in [-0.2, 0) is 33.4 Å². The lowest BCUT2D eigenvalue weighted by Gasteiger charge is -2.16. The van der Waals surface area contributed by atoms with Crippen molar-refractivity contribution in [3.8, 4) is 0 Å². The average Bonchev–Trinajstić information content (AvgIpc) is 3.54. The van der Waals surface area contributed by atoms with Crippen molar-refractivity contribution in [2.75, 3.05) is 18.5 Å². The molecule has 1 fully saturated rings. The lowest BCUT2D eigenvalue weighted by molar-refractivity contribution is -0.923. The smallest absolute Gasteiger partial charge is 0.319 e. The zero-order chi connectivity index (χ0) is 25.8. The Bertz CT molecular complexity index is 1340. The highest BCUT2D eigenvalue weighted by Gasteiger charge is 2.28. The summed E-state index contributed by atoms with van der Waals surface area (Å²) in [5.41, 5.74) is 4.86. The maximum absolute atomic E-state index is 13.1. The number of rotatable bonds is 8. The van der Waals surface area contributed by atoms with Gasteiger partial charge in [0.1, 0.15) is 25.7 Å². The Morgan fingerprint density at radius 1 is 1.03 bits per heavy atom. The summed E-state index contributed by atoms with van der Waals surface area (Å²) in [6.45, 7) is 5.66. The maximum Gasteiger partial charge on any atom is 0.319 e. The van der Waals surface area contributed by atoms with E-state index in [-0.39, 0.29) is 22.7 Å². The maximum atomic E-state index is 13.1. The predicted octanol–water partition coefficient (Wildman–Crippen LogP) is 3.62. The molecule has 7 nitrogen and oxygen atoms in total. The second-order valence-corrected chi connectivity index (χ2v) is 12.0. The van der Waals surface area contributed by atoms with Gasteiger partial charge in [0.15, 0.2) is 9.84 Å². The van der Waals surface area contributed by atoms with Crippen molar-refractivity contribution in [1.82, 2.24) is 5.32 Å². The van der Waals surface area contributed by atoms with Gasteiger partial charge in [-0.1, -0.05) is 42.5 Å². The van der Waals surface area contributed by atoms with Crippen molar-refractivity contribution in [3.05, 3.63) is 95.1 Å². The van der Waals surface area contributed by atoms with Gasteiger partial charge in [-0.15, -0.1) is 0 Å². The van der Waals surface area contributed by atoms with E-state index in [1.807, 2.05) is 49.4 Å². The standard InChI is InChI=1S/C29H33N3O4S/c1-21(23-6-3-2-4-7-23)30-29(33)31-26-11-13-28(14-12-26)37(34,35)20-22-9-10-24-17-32(18-25(24)16-22)19-27-8-5-15-36-27/h2-4,6-7,9-14,16,21,27H,5,8,15,17-20H2,1H3,(H2,30,31,33)/p+1. The van der Waals surface area contributed by atoms with E-state index in [4.69, 9.17) is 4.74 Å². The first kappa shape index (κ1) is 25.4. The van der Waals surface area contributed by atoms with Crippen LogP contribution in [-0.4, -0.2) is 33.7 Å². The molecule has 0 radical (unpaired) electrons. The van der Waals surface area contributed by atoms with Crippen LogP contribution in [0.5, 0.6) is 0 Å². The van der Waals surface area contributed by atoms with Gasteiger partial charge in [-0.25, -0.2) is 13.2 Å². The third-order valence-corrected chi connectivity index (χ3v) is 8.87. The van der Waals surface area contributed by atoms with Crippen LogP contribution >= 0.6 is 0 Å². The number of benzene rings is 3. The number of carbonyl (C=O) groups is 1. The Balaban J connectivity index is 1.17. The van der Waals surface area contributed by atoms with Crippen molar-refractivity contribution in [3.63, 3.8) is 0 Å². The topological polar surface area (TPSA) is 88.9 Å². The van der Waals surface area contributed by atoms with Gasteiger partial charge in [-0.05, 0) is 61.2 Å². The molecular weight excluding hydrogens is 486 g/mol. The molecule has 0 aliphatic carbocycles. The highest BCUT2D eigenvalue weighted by Crippen LogP contribution is 2.22. The second kappa shape index (κ2) is 11.0. The Morgan fingerprint density at radius 3 is 2.51 bits per heavy atom. The molecule has 8 heteroatoms. The minimum atomic E-state index is -3.52. The molecule has 3 atom stereocenters. The summed E-state index contributed by atoms with van der Waals surface area (Å²) in [5.74, 6) is -0.0524. The number of fused-ring (bicyclic) bond motifs is 1. The van der Waals surface area contributed by atoms with E-state index in [2.05, 4.69) is 16.7 Å². The monoisotopic (exact) mass is 520 g/mol. The molecule has 3 unspecified atom stereocenters. The number of anilines is 1. The number of sulfone groups is 1. The van der Waals surface area contributed by atoms with Crippen molar-refractivity contribution in [1.29, 1.82) is 0 Å². The number of hydrogen-bond acceptors (Lipinski definition) is 4. The molecular formula is C29H34N3O4S+. The molecule has 0 saturated carbocycles. The summed E-state index contributed by atoms with van der Waals surface area (Å²) in [7, 11) is -3.52. The highest BCUT2D eigenvalue weighted by atomic mass is 32.2. The molecule has 0 bridgehead atoms. The van der Waals surface area contributed by atoms with Crippen molar-refractivity contribution >= 4 is 21.6 Å². The van der Waals surface area contributed by atoms with Gasteiger partial charge in [0.25, 0.3) is 0 Å².